The highest BCUT2D eigenvalue weighted by Crippen LogP contribution is 2.21. The number of hydrogen-bond donors (Lipinski definition) is 1. The molecule has 2 rings (SSSR count). The normalized spacial score (nSPS) is 10.4. The third-order valence-electron chi connectivity index (χ3n) is 2.67. The predicted molar refractivity (Wildman–Crippen MR) is 66.4 cm³/mol. The molecule has 0 aliphatic rings. The van der Waals surface area contributed by atoms with Crippen molar-refractivity contribution < 1.29 is 4.79 Å². The van der Waals surface area contributed by atoms with Crippen LogP contribution < -0.4 is 10.6 Å². The number of likely N-dealkylation sites (N-methyl/N-ethyl adjacent to an activating group) is 1. The molecule has 2 aromatic carbocycles. The Bertz CT molecular complexity index is 522. The lowest BCUT2D eigenvalue weighted by molar-refractivity contribution is -0.117. The molecule has 0 saturated carbocycles. The molecule has 0 spiro atoms. The van der Waals surface area contributed by atoms with Gasteiger partial charge in [0.2, 0.25) is 5.91 Å². The number of nitrogens with two attached hydrogens (primary N) is 1. The lowest BCUT2D eigenvalue weighted by Crippen LogP contribution is -2.32. The summed E-state index contributed by atoms with van der Waals surface area (Å²) in [5.74, 6) is -0.0877. The van der Waals surface area contributed by atoms with Crippen molar-refractivity contribution in [2.75, 3.05) is 18.5 Å². The number of amides is 1. The molecule has 0 aliphatic heterocycles. The van der Waals surface area contributed by atoms with Crippen LogP contribution in [0.3, 0.4) is 0 Å². The maximum Gasteiger partial charge on any atom is 0.240 e. The van der Waals surface area contributed by atoms with Gasteiger partial charge >= 0.3 is 0 Å². The standard InChI is InChI=1S/C13H14N2O/c1-15(13(16)9-14)12-7-6-10-4-2-3-5-11(10)8-12/h2-8H,9,14H2,1H3. The highest BCUT2D eigenvalue weighted by atomic mass is 16.2. The van der Waals surface area contributed by atoms with Gasteiger partial charge in [0.15, 0.2) is 0 Å². The molecule has 2 N–H and O–H groups in total. The van der Waals surface area contributed by atoms with Crippen LogP contribution in [0.5, 0.6) is 0 Å². The molecule has 0 fully saturated rings. The first-order chi connectivity index (χ1) is 7.72. The largest absolute Gasteiger partial charge is 0.322 e. The maximum absolute atomic E-state index is 11.4. The van der Waals surface area contributed by atoms with E-state index in [1.54, 1.807) is 11.9 Å². The van der Waals surface area contributed by atoms with Gasteiger partial charge in [0, 0.05) is 12.7 Å². The van der Waals surface area contributed by atoms with E-state index in [0.29, 0.717) is 0 Å². The summed E-state index contributed by atoms with van der Waals surface area (Å²) < 4.78 is 0. The van der Waals surface area contributed by atoms with Gasteiger partial charge in [-0.15, -0.1) is 0 Å². The first-order valence-corrected chi connectivity index (χ1v) is 5.18. The van der Waals surface area contributed by atoms with E-state index >= 15 is 0 Å². The summed E-state index contributed by atoms with van der Waals surface area (Å²) in [6, 6.07) is 14.0. The number of anilines is 1. The molecule has 0 saturated heterocycles. The van der Waals surface area contributed by atoms with Crippen LogP contribution in [0.4, 0.5) is 5.69 Å². The molecule has 16 heavy (non-hydrogen) atoms. The molecular weight excluding hydrogens is 200 g/mol. The predicted octanol–water partition coefficient (Wildman–Crippen LogP) is 1.76. The van der Waals surface area contributed by atoms with Gasteiger partial charge in [0.25, 0.3) is 0 Å². The van der Waals surface area contributed by atoms with Crippen molar-refractivity contribution in [3.8, 4) is 0 Å². The van der Waals surface area contributed by atoms with E-state index in [1.165, 1.54) is 5.39 Å². The molecule has 3 nitrogen and oxygen atoms in total. The Kier molecular flexibility index (Phi) is 2.88. The van der Waals surface area contributed by atoms with Gasteiger partial charge in [-0.1, -0.05) is 30.3 Å². The van der Waals surface area contributed by atoms with Crippen LogP contribution in [0.25, 0.3) is 10.8 Å². The van der Waals surface area contributed by atoms with Crippen LogP contribution >= 0.6 is 0 Å². The Morgan fingerprint density at radius 2 is 1.88 bits per heavy atom. The van der Waals surface area contributed by atoms with Gasteiger partial charge in [-0.25, -0.2) is 0 Å². The number of rotatable bonds is 2. The van der Waals surface area contributed by atoms with Crippen LogP contribution in [0.2, 0.25) is 0 Å². The summed E-state index contributed by atoms with van der Waals surface area (Å²) in [7, 11) is 1.74. The van der Waals surface area contributed by atoms with Gasteiger partial charge < -0.3 is 10.6 Å². The van der Waals surface area contributed by atoms with Crippen LogP contribution in [-0.4, -0.2) is 19.5 Å². The van der Waals surface area contributed by atoms with Gasteiger partial charge in [0.05, 0.1) is 6.54 Å². The quantitative estimate of drug-likeness (QED) is 0.828. The summed E-state index contributed by atoms with van der Waals surface area (Å²) in [5, 5.41) is 2.29. The first-order valence-electron chi connectivity index (χ1n) is 5.18. The lowest BCUT2D eigenvalue weighted by atomic mass is 10.1. The molecular formula is C13H14N2O. The highest BCUT2D eigenvalue weighted by molar-refractivity contribution is 5.96. The van der Waals surface area contributed by atoms with Crippen molar-refractivity contribution in [2.45, 2.75) is 0 Å². The number of carbonyl (C=O) groups excluding carboxylic acids is 1. The van der Waals surface area contributed by atoms with E-state index in [-0.39, 0.29) is 12.5 Å². The molecule has 0 aromatic heterocycles. The van der Waals surface area contributed by atoms with E-state index in [2.05, 4.69) is 0 Å². The zero-order chi connectivity index (χ0) is 11.5. The topological polar surface area (TPSA) is 46.3 Å². The second kappa shape index (κ2) is 4.33. The van der Waals surface area contributed by atoms with Crippen molar-refractivity contribution in [1.29, 1.82) is 0 Å². The summed E-state index contributed by atoms with van der Waals surface area (Å²) in [6.45, 7) is 0.0311. The van der Waals surface area contributed by atoms with Gasteiger partial charge in [0.1, 0.15) is 0 Å². The number of carbonyl (C=O) groups is 1. The molecule has 0 bridgehead atoms. The molecule has 3 heteroatoms. The van der Waals surface area contributed by atoms with E-state index in [1.807, 2.05) is 42.5 Å². The number of benzene rings is 2. The van der Waals surface area contributed by atoms with E-state index in [4.69, 9.17) is 5.73 Å². The van der Waals surface area contributed by atoms with Crippen molar-refractivity contribution in [3.05, 3.63) is 42.5 Å². The number of fused-ring (bicyclic) bond motifs is 1. The van der Waals surface area contributed by atoms with Gasteiger partial charge in [-0.2, -0.15) is 0 Å². The minimum absolute atomic E-state index is 0.0311. The van der Waals surface area contributed by atoms with Crippen molar-refractivity contribution in [2.24, 2.45) is 5.73 Å². The van der Waals surface area contributed by atoms with Crippen molar-refractivity contribution >= 4 is 22.4 Å². The molecule has 1 amide bonds. The van der Waals surface area contributed by atoms with Crippen LogP contribution in [0, 0.1) is 0 Å². The van der Waals surface area contributed by atoms with Crippen LogP contribution in [0.1, 0.15) is 0 Å². The smallest absolute Gasteiger partial charge is 0.240 e. The summed E-state index contributed by atoms with van der Waals surface area (Å²) >= 11 is 0. The Labute approximate surface area is 94.5 Å². The molecule has 0 atom stereocenters. The van der Waals surface area contributed by atoms with E-state index in [9.17, 15) is 4.79 Å². The van der Waals surface area contributed by atoms with Crippen LogP contribution in [-0.2, 0) is 4.79 Å². The molecule has 0 unspecified atom stereocenters. The Morgan fingerprint density at radius 1 is 1.19 bits per heavy atom. The van der Waals surface area contributed by atoms with Gasteiger partial charge in [-0.05, 0) is 22.9 Å². The number of hydrogen-bond acceptors (Lipinski definition) is 2. The zero-order valence-corrected chi connectivity index (χ0v) is 9.18. The third-order valence-corrected chi connectivity index (χ3v) is 2.67. The Hall–Kier alpha value is -1.87. The van der Waals surface area contributed by atoms with E-state index < -0.39 is 0 Å². The second-order valence-corrected chi connectivity index (χ2v) is 3.69. The maximum atomic E-state index is 11.4. The minimum Gasteiger partial charge on any atom is -0.322 e. The Morgan fingerprint density at radius 3 is 2.56 bits per heavy atom. The Balaban J connectivity index is 2.43. The van der Waals surface area contributed by atoms with Crippen molar-refractivity contribution in [1.82, 2.24) is 0 Å². The molecule has 0 aliphatic carbocycles. The fourth-order valence-electron chi connectivity index (χ4n) is 1.67. The van der Waals surface area contributed by atoms with Gasteiger partial charge in [-0.3, -0.25) is 4.79 Å². The fraction of sp³-hybridized carbons (Fsp3) is 0.154. The first kappa shape index (κ1) is 10.6. The second-order valence-electron chi connectivity index (χ2n) is 3.69. The van der Waals surface area contributed by atoms with Crippen LogP contribution in [0.15, 0.2) is 42.5 Å². The molecule has 0 heterocycles. The average molecular weight is 214 g/mol. The summed E-state index contributed by atoms with van der Waals surface area (Å²) in [5.41, 5.74) is 6.20. The minimum atomic E-state index is -0.0877. The third kappa shape index (κ3) is 1.90. The number of nitrogens with zero attached hydrogens (tertiary/aromatic N) is 1. The SMILES string of the molecule is CN(C(=O)CN)c1ccc2ccccc2c1. The molecule has 82 valence electrons. The monoisotopic (exact) mass is 214 g/mol. The average Bonchev–Trinajstić information content (AvgIpc) is 2.36. The zero-order valence-electron chi connectivity index (χ0n) is 9.18. The summed E-state index contributed by atoms with van der Waals surface area (Å²) in [6.07, 6.45) is 0. The molecule has 0 radical (unpaired) electrons. The van der Waals surface area contributed by atoms with Crippen molar-refractivity contribution in [3.63, 3.8) is 0 Å². The summed E-state index contributed by atoms with van der Waals surface area (Å²) in [4.78, 5) is 13.0. The lowest BCUT2D eigenvalue weighted by Gasteiger charge is -2.16. The fourth-order valence-corrected chi connectivity index (χ4v) is 1.67. The molecule has 2 aromatic rings. The van der Waals surface area contributed by atoms with E-state index in [0.717, 1.165) is 11.1 Å². The highest BCUT2D eigenvalue weighted by Gasteiger charge is 2.08.